The lowest BCUT2D eigenvalue weighted by Gasteiger charge is -2.38. The van der Waals surface area contributed by atoms with E-state index in [1.165, 1.54) is 6.92 Å². The van der Waals surface area contributed by atoms with Gasteiger partial charge in [0.15, 0.2) is 5.78 Å². The molecule has 0 unspecified atom stereocenters. The smallest absolute Gasteiger partial charge is 0.255 e. The predicted octanol–water partition coefficient (Wildman–Crippen LogP) is 3.39. The molecule has 154 valence electrons. The highest BCUT2D eigenvalue weighted by Crippen LogP contribution is 2.41. The quantitative estimate of drug-likeness (QED) is 0.773. The number of carbonyl (C=O) groups is 4. The van der Waals surface area contributed by atoms with Crippen LogP contribution in [0, 0.1) is 0 Å². The summed E-state index contributed by atoms with van der Waals surface area (Å²) in [6, 6.07) is 11.3. The Bertz CT molecular complexity index is 1060. The molecule has 7 nitrogen and oxygen atoms in total. The van der Waals surface area contributed by atoms with Crippen molar-refractivity contribution < 1.29 is 19.2 Å². The third-order valence-corrected chi connectivity index (χ3v) is 5.53. The van der Waals surface area contributed by atoms with Gasteiger partial charge in [-0.1, -0.05) is 19.1 Å². The zero-order valence-corrected chi connectivity index (χ0v) is 17.0. The molecule has 0 bridgehead atoms. The molecule has 2 heterocycles. The van der Waals surface area contributed by atoms with Gasteiger partial charge in [0, 0.05) is 29.8 Å². The third-order valence-electron chi connectivity index (χ3n) is 5.53. The molecule has 2 aromatic rings. The topological polar surface area (TPSA) is 86.8 Å². The summed E-state index contributed by atoms with van der Waals surface area (Å²) < 4.78 is 0. The molecule has 0 aliphatic carbocycles. The minimum absolute atomic E-state index is 0.0657. The first kappa shape index (κ1) is 19.8. The van der Waals surface area contributed by atoms with Crippen LogP contribution in [0.15, 0.2) is 42.5 Å². The van der Waals surface area contributed by atoms with E-state index in [-0.39, 0.29) is 23.5 Å². The lowest BCUT2D eigenvalue weighted by atomic mass is 10.0. The van der Waals surface area contributed by atoms with E-state index in [0.717, 1.165) is 6.42 Å². The Morgan fingerprint density at radius 3 is 2.60 bits per heavy atom. The number of hydrogen-bond donors (Lipinski definition) is 1. The minimum atomic E-state index is -0.453. The van der Waals surface area contributed by atoms with Crippen LogP contribution in [-0.2, 0) is 9.59 Å². The second kappa shape index (κ2) is 7.74. The van der Waals surface area contributed by atoms with Crippen LogP contribution in [0.25, 0.3) is 0 Å². The second-order valence-electron chi connectivity index (χ2n) is 7.60. The number of carbonyl (C=O) groups excluding carboxylic acids is 4. The van der Waals surface area contributed by atoms with Crippen LogP contribution in [0.1, 0.15) is 53.8 Å². The van der Waals surface area contributed by atoms with Crippen LogP contribution >= 0.6 is 0 Å². The van der Waals surface area contributed by atoms with Gasteiger partial charge >= 0.3 is 0 Å². The van der Waals surface area contributed by atoms with E-state index in [2.05, 4.69) is 5.32 Å². The molecule has 3 amide bonds. The van der Waals surface area contributed by atoms with Crippen LogP contribution in [0.3, 0.4) is 0 Å². The monoisotopic (exact) mass is 405 g/mol. The summed E-state index contributed by atoms with van der Waals surface area (Å²) in [5.74, 6) is -0.596. The first-order valence-corrected chi connectivity index (χ1v) is 10.1. The van der Waals surface area contributed by atoms with Gasteiger partial charge in [-0.25, -0.2) is 0 Å². The predicted molar refractivity (Wildman–Crippen MR) is 114 cm³/mol. The van der Waals surface area contributed by atoms with Crippen LogP contribution < -0.4 is 15.1 Å². The van der Waals surface area contributed by atoms with E-state index in [0.29, 0.717) is 47.6 Å². The van der Waals surface area contributed by atoms with E-state index < -0.39 is 6.04 Å². The number of fused-ring (bicyclic) bond motifs is 3. The average molecular weight is 405 g/mol. The maximum absolute atomic E-state index is 13.0. The molecule has 0 aromatic heterocycles. The van der Waals surface area contributed by atoms with Gasteiger partial charge in [0.05, 0.1) is 11.4 Å². The Morgan fingerprint density at radius 2 is 1.87 bits per heavy atom. The summed E-state index contributed by atoms with van der Waals surface area (Å²) in [6.45, 7) is 3.98. The number of ketones is 1. The van der Waals surface area contributed by atoms with Gasteiger partial charge in [-0.3, -0.25) is 24.1 Å². The van der Waals surface area contributed by atoms with Crippen molar-refractivity contribution >= 4 is 40.6 Å². The summed E-state index contributed by atoms with van der Waals surface area (Å²) >= 11 is 0. The fourth-order valence-corrected chi connectivity index (χ4v) is 4.08. The fourth-order valence-electron chi connectivity index (χ4n) is 4.08. The highest BCUT2D eigenvalue weighted by atomic mass is 16.2. The molecular formula is C23H23N3O4. The summed E-state index contributed by atoms with van der Waals surface area (Å²) in [7, 11) is 0. The second-order valence-corrected chi connectivity index (χ2v) is 7.60. The van der Waals surface area contributed by atoms with Crippen molar-refractivity contribution in [3.05, 3.63) is 53.6 Å². The highest BCUT2D eigenvalue weighted by molar-refractivity contribution is 6.16. The third kappa shape index (κ3) is 3.36. The first-order chi connectivity index (χ1) is 14.4. The van der Waals surface area contributed by atoms with Crippen LogP contribution in [0.2, 0.25) is 0 Å². The molecular weight excluding hydrogens is 382 g/mol. The van der Waals surface area contributed by atoms with Gasteiger partial charge in [0.25, 0.3) is 5.91 Å². The molecule has 1 saturated heterocycles. The van der Waals surface area contributed by atoms with Crippen LogP contribution in [0.4, 0.5) is 17.1 Å². The standard InChI is InChI=1S/C23H23N3O4/c1-3-11-25-20-13-16(22(29)24-17-6-4-5-15(12-17)14(2)27)7-8-18(20)26-19(23(25)30)9-10-21(26)28/h4-8,12-13,19H,3,9-11H2,1-2H3,(H,24,29)/t19-/m1/s1. The summed E-state index contributed by atoms with van der Waals surface area (Å²) in [5.41, 5.74) is 2.66. The SMILES string of the molecule is CCCN1C(=O)[C@H]2CCC(=O)N2c2ccc(C(=O)Nc3cccc(C(C)=O)c3)cc21. The fraction of sp³-hybridized carbons (Fsp3) is 0.304. The van der Waals surface area contributed by atoms with Crippen molar-refractivity contribution in [1.82, 2.24) is 0 Å². The van der Waals surface area contributed by atoms with E-state index in [1.54, 1.807) is 52.3 Å². The Hall–Kier alpha value is -3.48. The molecule has 4 rings (SSSR count). The number of hydrogen-bond acceptors (Lipinski definition) is 4. The number of amides is 3. The molecule has 1 atom stereocenters. The summed E-state index contributed by atoms with van der Waals surface area (Å²) in [6.07, 6.45) is 1.64. The zero-order chi connectivity index (χ0) is 21.4. The van der Waals surface area contributed by atoms with E-state index in [9.17, 15) is 19.2 Å². The molecule has 0 saturated carbocycles. The largest absolute Gasteiger partial charge is 0.322 e. The van der Waals surface area contributed by atoms with E-state index >= 15 is 0 Å². The maximum Gasteiger partial charge on any atom is 0.255 e. The molecule has 2 aliphatic heterocycles. The highest BCUT2D eigenvalue weighted by Gasteiger charge is 2.44. The average Bonchev–Trinajstić information content (AvgIpc) is 3.12. The normalized spacial score (nSPS) is 17.6. The zero-order valence-electron chi connectivity index (χ0n) is 17.0. The Balaban J connectivity index is 1.67. The molecule has 0 spiro atoms. The molecule has 2 aromatic carbocycles. The number of anilines is 3. The molecule has 1 N–H and O–H groups in total. The number of Topliss-reactive ketones (excluding diaryl/α,β-unsaturated/α-hetero) is 1. The lowest BCUT2D eigenvalue weighted by Crippen LogP contribution is -2.52. The van der Waals surface area contributed by atoms with Crippen molar-refractivity contribution in [2.24, 2.45) is 0 Å². The first-order valence-electron chi connectivity index (χ1n) is 10.1. The van der Waals surface area contributed by atoms with Gasteiger partial charge in [0.1, 0.15) is 6.04 Å². The number of nitrogens with zero attached hydrogens (tertiary/aromatic N) is 2. The molecule has 2 aliphatic rings. The molecule has 7 heteroatoms. The van der Waals surface area contributed by atoms with Crippen molar-refractivity contribution in [3.8, 4) is 0 Å². The Morgan fingerprint density at radius 1 is 1.07 bits per heavy atom. The summed E-state index contributed by atoms with van der Waals surface area (Å²) in [4.78, 5) is 53.0. The lowest BCUT2D eigenvalue weighted by molar-refractivity contribution is -0.122. The summed E-state index contributed by atoms with van der Waals surface area (Å²) in [5, 5.41) is 2.80. The minimum Gasteiger partial charge on any atom is -0.322 e. The Labute approximate surface area is 174 Å². The number of nitrogens with one attached hydrogen (secondary N) is 1. The van der Waals surface area contributed by atoms with Gasteiger partial charge in [-0.05, 0) is 50.1 Å². The van der Waals surface area contributed by atoms with Crippen LogP contribution in [-0.4, -0.2) is 36.1 Å². The number of benzene rings is 2. The number of rotatable bonds is 5. The Kier molecular flexibility index (Phi) is 5.11. The van der Waals surface area contributed by atoms with E-state index in [4.69, 9.17) is 0 Å². The van der Waals surface area contributed by atoms with Gasteiger partial charge in [-0.2, -0.15) is 0 Å². The molecule has 0 radical (unpaired) electrons. The van der Waals surface area contributed by atoms with E-state index in [1.807, 2.05) is 6.92 Å². The maximum atomic E-state index is 13.0. The van der Waals surface area contributed by atoms with Crippen molar-refractivity contribution in [1.29, 1.82) is 0 Å². The molecule has 30 heavy (non-hydrogen) atoms. The van der Waals surface area contributed by atoms with Crippen molar-refractivity contribution in [2.45, 2.75) is 39.2 Å². The van der Waals surface area contributed by atoms with Gasteiger partial charge < -0.3 is 10.2 Å². The van der Waals surface area contributed by atoms with Crippen molar-refractivity contribution in [3.63, 3.8) is 0 Å². The van der Waals surface area contributed by atoms with Crippen molar-refractivity contribution in [2.75, 3.05) is 21.7 Å². The van der Waals surface area contributed by atoms with Crippen LogP contribution in [0.5, 0.6) is 0 Å². The van der Waals surface area contributed by atoms with Gasteiger partial charge in [0.2, 0.25) is 11.8 Å². The molecule has 1 fully saturated rings. The van der Waals surface area contributed by atoms with Gasteiger partial charge in [-0.15, -0.1) is 0 Å².